The van der Waals surface area contributed by atoms with Crippen LogP contribution in [0.5, 0.6) is 11.5 Å². The van der Waals surface area contributed by atoms with Gasteiger partial charge in [0.15, 0.2) is 11.5 Å². The summed E-state index contributed by atoms with van der Waals surface area (Å²) in [7, 11) is -3.88. The number of aryl methyl sites for hydroxylation is 1. The second kappa shape index (κ2) is 8.28. The number of nitrogens with one attached hydrogen (secondary N) is 2. The van der Waals surface area contributed by atoms with Gasteiger partial charge in [-0.2, -0.15) is 0 Å². The normalized spacial score (nSPS) is 14.5. The second-order valence-electron chi connectivity index (χ2n) is 7.63. The first-order valence-corrected chi connectivity index (χ1v) is 11.7. The van der Waals surface area contributed by atoms with Crippen molar-refractivity contribution < 1.29 is 27.1 Å². The van der Waals surface area contributed by atoms with E-state index in [4.69, 9.17) is 9.47 Å². The van der Waals surface area contributed by atoms with Crippen LogP contribution in [0.25, 0.3) is 0 Å². The molecule has 0 aliphatic carbocycles. The molecule has 2 amide bonds. The third kappa shape index (κ3) is 4.17. The number of nitrogens with zero attached hydrogens (tertiary/aromatic N) is 1. The predicted molar refractivity (Wildman–Crippen MR) is 121 cm³/mol. The van der Waals surface area contributed by atoms with Crippen molar-refractivity contribution in [1.82, 2.24) is 0 Å². The Balaban J connectivity index is 1.37. The summed E-state index contributed by atoms with van der Waals surface area (Å²) in [5.74, 6) is 0.647. The fraction of sp³-hybridized carbons (Fsp3) is 0.174. The van der Waals surface area contributed by atoms with Gasteiger partial charge in [-0.15, -0.1) is 0 Å². The summed E-state index contributed by atoms with van der Waals surface area (Å²) in [5, 5.41) is 5.45. The highest BCUT2D eigenvalue weighted by Gasteiger charge is 2.29. The van der Waals surface area contributed by atoms with E-state index in [1.807, 2.05) is 0 Å². The number of carbonyl (C=O) groups is 1. The zero-order chi connectivity index (χ0) is 23.0. The van der Waals surface area contributed by atoms with E-state index in [9.17, 15) is 17.6 Å². The number of urea groups is 1. The Hall–Kier alpha value is -3.79. The van der Waals surface area contributed by atoms with Crippen molar-refractivity contribution in [1.29, 1.82) is 0 Å². The number of ether oxygens (including phenoxy) is 2. The first-order valence-electron chi connectivity index (χ1n) is 10.3. The largest absolute Gasteiger partial charge is 0.454 e. The number of hydrogen-bond acceptors (Lipinski definition) is 5. The number of fused-ring (bicyclic) bond motifs is 2. The third-order valence-electron chi connectivity index (χ3n) is 5.45. The molecule has 0 spiro atoms. The SMILES string of the molecule is O=C(Nc1ccc2c(c1)OCO2)Nc1ccc2c(c1)N(S(=O)(=O)c1ccc(F)cc1)CCC2. The first-order chi connectivity index (χ1) is 15.9. The lowest BCUT2D eigenvalue weighted by Crippen LogP contribution is -2.35. The summed E-state index contributed by atoms with van der Waals surface area (Å²) in [6, 6.07) is 14.5. The van der Waals surface area contributed by atoms with E-state index in [0.717, 1.165) is 17.7 Å². The van der Waals surface area contributed by atoms with Gasteiger partial charge in [0.05, 0.1) is 10.6 Å². The molecule has 2 N–H and O–H groups in total. The average Bonchev–Trinajstić information content (AvgIpc) is 3.27. The van der Waals surface area contributed by atoms with Crippen molar-refractivity contribution in [2.75, 3.05) is 28.3 Å². The number of hydrogen-bond donors (Lipinski definition) is 2. The van der Waals surface area contributed by atoms with Crippen molar-refractivity contribution >= 4 is 33.1 Å². The summed E-state index contributed by atoms with van der Waals surface area (Å²) < 4.78 is 51.6. The summed E-state index contributed by atoms with van der Waals surface area (Å²) in [5.41, 5.74) is 2.31. The monoisotopic (exact) mass is 469 g/mol. The molecular formula is C23H20FN3O5S. The molecule has 10 heteroatoms. The van der Waals surface area contributed by atoms with Gasteiger partial charge in [-0.3, -0.25) is 4.31 Å². The third-order valence-corrected chi connectivity index (χ3v) is 7.28. The van der Waals surface area contributed by atoms with Gasteiger partial charge in [0.2, 0.25) is 6.79 Å². The molecule has 0 bridgehead atoms. The highest BCUT2D eigenvalue weighted by Crippen LogP contribution is 2.35. The molecule has 5 rings (SSSR count). The van der Waals surface area contributed by atoms with E-state index in [1.165, 1.54) is 16.4 Å². The Bertz CT molecular complexity index is 1330. The molecule has 0 saturated heterocycles. The fourth-order valence-corrected chi connectivity index (χ4v) is 5.40. The van der Waals surface area contributed by atoms with Crippen molar-refractivity contribution in [2.24, 2.45) is 0 Å². The van der Waals surface area contributed by atoms with Crippen LogP contribution in [0.4, 0.5) is 26.2 Å². The number of rotatable bonds is 4. The molecule has 0 fully saturated rings. The number of halogens is 1. The van der Waals surface area contributed by atoms with Gasteiger partial charge in [-0.05, 0) is 66.9 Å². The van der Waals surface area contributed by atoms with Gasteiger partial charge in [0, 0.05) is 24.0 Å². The van der Waals surface area contributed by atoms with E-state index >= 15 is 0 Å². The van der Waals surface area contributed by atoms with Gasteiger partial charge >= 0.3 is 6.03 Å². The summed E-state index contributed by atoms with van der Waals surface area (Å²) in [4.78, 5) is 12.5. The highest BCUT2D eigenvalue weighted by molar-refractivity contribution is 7.92. The molecule has 33 heavy (non-hydrogen) atoms. The van der Waals surface area contributed by atoms with Crippen LogP contribution in [0.3, 0.4) is 0 Å². The summed E-state index contributed by atoms with van der Waals surface area (Å²) >= 11 is 0. The Morgan fingerprint density at radius 1 is 0.909 bits per heavy atom. The van der Waals surface area contributed by atoms with Crippen LogP contribution in [0.15, 0.2) is 65.6 Å². The van der Waals surface area contributed by atoms with E-state index in [0.29, 0.717) is 47.9 Å². The molecule has 0 atom stereocenters. The molecule has 8 nitrogen and oxygen atoms in total. The lowest BCUT2D eigenvalue weighted by molar-refractivity contribution is 0.174. The molecule has 3 aromatic carbocycles. The van der Waals surface area contributed by atoms with Gasteiger partial charge < -0.3 is 20.1 Å². The van der Waals surface area contributed by atoms with Gasteiger partial charge in [0.1, 0.15) is 5.82 Å². The predicted octanol–water partition coefficient (Wildman–Crippen LogP) is 4.34. The minimum atomic E-state index is -3.88. The molecule has 0 aromatic heterocycles. The number of sulfonamides is 1. The maximum atomic E-state index is 13.3. The molecule has 3 aromatic rings. The van der Waals surface area contributed by atoms with Crippen LogP contribution < -0.4 is 24.4 Å². The molecule has 2 aliphatic rings. The molecule has 0 saturated carbocycles. The molecule has 170 valence electrons. The van der Waals surface area contributed by atoms with Crippen molar-refractivity contribution in [3.05, 3.63) is 72.0 Å². The molecule has 0 unspecified atom stereocenters. The highest BCUT2D eigenvalue weighted by atomic mass is 32.2. The number of benzene rings is 3. The number of anilines is 3. The maximum Gasteiger partial charge on any atom is 0.323 e. The molecule has 2 aliphatic heterocycles. The Morgan fingerprint density at radius 3 is 2.39 bits per heavy atom. The topological polar surface area (TPSA) is 97.0 Å². The summed E-state index contributed by atoms with van der Waals surface area (Å²) in [6.45, 7) is 0.428. The van der Waals surface area contributed by atoms with Crippen LogP contribution in [-0.4, -0.2) is 27.8 Å². The van der Waals surface area contributed by atoms with Crippen molar-refractivity contribution in [3.63, 3.8) is 0 Å². The molecule has 0 radical (unpaired) electrons. The van der Waals surface area contributed by atoms with Crippen LogP contribution in [0, 0.1) is 5.82 Å². The zero-order valence-corrected chi connectivity index (χ0v) is 18.2. The Morgan fingerprint density at radius 2 is 1.61 bits per heavy atom. The standard InChI is InChI=1S/C23H20FN3O5S/c24-16-4-8-19(9-5-16)33(29,30)27-11-1-2-15-3-6-17(12-20(15)27)25-23(28)26-18-7-10-21-22(13-18)32-14-31-21/h3-10,12-13H,1-2,11,14H2,(H2,25,26,28). The number of amides is 2. The average molecular weight is 469 g/mol. The van der Waals surface area contributed by atoms with E-state index in [-0.39, 0.29) is 11.7 Å². The molecule has 2 heterocycles. The van der Waals surface area contributed by atoms with E-state index < -0.39 is 21.9 Å². The first kappa shape index (κ1) is 21.1. The van der Waals surface area contributed by atoms with Gasteiger partial charge in [-0.25, -0.2) is 17.6 Å². The fourth-order valence-electron chi connectivity index (χ4n) is 3.87. The summed E-state index contributed by atoms with van der Waals surface area (Å²) in [6.07, 6.45) is 1.37. The Labute approximate surface area is 190 Å². The minimum absolute atomic E-state index is 0.00987. The van der Waals surface area contributed by atoms with Crippen LogP contribution in [-0.2, 0) is 16.4 Å². The van der Waals surface area contributed by atoms with Crippen LogP contribution in [0.2, 0.25) is 0 Å². The van der Waals surface area contributed by atoms with Crippen LogP contribution >= 0.6 is 0 Å². The number of carbonyl (C=O) groups excluding carboxylic acids is 1. The van der Waals surface area contributed by atoms with E-state index in [2.05, 4.69) is 10.6 Å². The van der Waals surface area contributed by atoms with Gasteiger partial charge in [-0.1, -0.05) is 6.07 Å². The second-order valence-corrected chi connectivity index (χ2v) is 9.49. The maximum absolute atomic E-state index is 13.3. The van der Waals surface area contributed by atoms with Crippen LogP contribution in [0.1, 0.15) is 12.0 Å². The van der Waals surface area contributed by atoms with Crippen molar-refractivity contribution in [2.45, 2.75) is 17.7 Å². The van der Waals surface area contributed by atoms with Crippen molar-refractivity contribution in [3.8, 4) is 11.5 Å². The smallest absolute Gasteiger partial charge is 0.323 e. The van der Waals surface area contributed by atoms with E-state index in [1.54, 1.807) is 36.4 Å². The Kier molecular flexibility index (Phi) is 5.29. The lowest BCUT2D eigenvalue weighted by atomic mass is 10.0. The molecular weight excluding hydrogens is 449 g/mol. The quantitative estimate of drug-likeness (QED) is 0.593. The minimum Gasteiger partial charge on any atom is -0.454 e. The lowest BCUT2D eigenvalue weighted by Gasteiger charge is -2.31. The zero-order valence-electron chi connectivity index (χ0n) is 17.4. The van der Waals surface area contributed by atoms with Gasteiger partial charge in [0.25, 0.3) is 10.0 Å².